The molecular weight excluding hydrogens is 330 g/mol. The molecule has 3 rings (SSSR count). The van der Waals surface area contributed by atoms with Crippen molar-refractivity contribution in [3.05, 3.63) is 52.8 Å². The maximum atomic E-state index is 12.8. The van der Waals surface area contributed by atoms with E-state index in [0.717, 1.165) is 22.3 Å². The highest BCUT2D eigenvalue weighted by atomic mass is 16.2. The Kier molecular flexibility index (Phi) is 4.71. The number of likely N-dealkylation sites (N-methyl/N-ethyl adjacent to an activating group) is 1. The first-order valence-electron chi connectivity index (χ1n) is 8.31. The van der Waals surface area contributed by atoms with Crippen molar-refractivity contribution in [1.82, 2.24) is 20.1 Å². The third-order valence-electron chi connectivity index (χ3n) is 4.20. The molecule has 2 heterocycles. The van der Waals surface area contributed by atoms with E-state index in [1.165, 1.54) is 0 Å². The van der Waals surface area contributed by atoms with Gasteiger partial charge in [0.2, 0.25) is 5.91 Å². The summed E-state index contributed by atoms with van der Waals surface area (Å²) in [5, 5.41) is 10.6. The van der Waals surface area contributed by atoms with E-state index in [9.17, 15) is 9.59 Å². The zero-order valence-corrected chi connectivity index (χ0v) is 15.3. The van der Waals surface area contributed by atoms with E-state index in [0.29, 0.717) is 23.3 Å². The summed E-state index contributed by atoms with van der Waals surface area (Å²) in [6.07, 6.45) is 0.309. The quantitative estimate of drug-likeness (QED) is 0.753. The first-order valence-corrected chi connectivity index (χ1v) is 8.31. The van der Waals surface area contributed by atoms with Crippen LogP contribution in [0.1, 0.15) is 27.3 Å². The molecule has 0 atom stereocenters. The van der Waals surface area contributed by atoms with Crippen LogP contribution >= 0.6 is 0 Å². The number of pyridine rings is 1. The second-order valence-corrected chi connectivity index (χ2v) is 6.22. The van der Waals surface area contributed by atoms with Crippen molar-refractivity contribution in [2.24, 2.45) is 7.05 Å². The van der Waals surface area contributed by atoms with Crippen LogP contribution in [0.25, 0.3) is 11.0 Å². The van der Waals surface area contributed by atoms with Crippen LogP contribution in [0.3, 0.4) is 0 Å². The van der Waals surface area contributed by atoms with Gasteiger partial charge in [0, 0.05) is 25.5 Å². The smallest absolute Gasteiger partial charge is 0.256 e. The molecule has 1 aromatic carbocycles. The summed E-state index contributed by atoms with van der Waals surface area (Å²) in [6.45, 7) is 3.72. The molecule has 26 heavy (non-hydrogen) atoms. The lowest BCUT2D eigenvalue weighted by Gasteiger charge is -2.09. The molecule has 0 aliphatic rings. The second-order valence-electron chi connectivity index (χ2n) is 6.22. The fraction of sp³-hybridized carbons (Fsp3) is 0.263. The number of rotatable bonds is 4. The van der Waals surface area contributed by atoms with E-state index in [1.807, 2.05) is 33.0 Å². The van der Waals surface area contributed by atoms with E-state index in [4.69, 9.17) is 0 Å². The van der Waals surface area contributed by atoms with Crippen molar-refractivity contribution in [1.29, 1.82) is 0 Å². The molecule has 0 aliphatic heterocycles. The molecule has 3 aromatic rings. The molecule has 0 radical (unpaired) electrons. The Morgan fingerprint density at radius 2 is 1.85 bits per heavy atom. The number of nitrogens with zero attached hydrogens (tertiary/aromatic N) is 3. The zero-order chi connectivity index (χ0) is 18.8. The third-order valence-corrected chi connectivity index (χ3v) is 4.20. The van der Waals surface area contributed by atoms with Gasteiger partial charge in [-0.15, -0.1) is 0 Å². The number of aryl methyl sites for hydroxylation is 3. The number of amides is 2. The van der Waals surface area contributed by atoms with Crippen LogP contribution in [0.4, 0.5) is 5.69 Å². The first-order chi connectivity index (χ1) is 12.4. The van der Waals surface area contributed by atoms with Crippen LogP contribution < -0.4 is 10.6 Å². The van der Waals surface area contributed by atoms with E-state index < -0.39 is 0 Å². The number of benzene rings is 1. The molecule has 0 unspecified atom stereocenters. The van der Waals surface area contributed by atoms with Crippen LogP contribution in [-0.2, 0) is 18.3 Å². The number of fused-ring (bicyclic) bond motifs is 1. The average Bonchev–Trinajstić information content (AvgIpc) is 2.89. The summed E-state index contributed by atoms with van der Waals surface area (Å²) in [7, 11) is 3.42. The first kappa shape index (κ1) is 17.6. The lowest BCUT2D eigenvalue weighted by molar-refractivity contribution is -0.119. The zero-order valence-electron chi connectivity index (χ0n) is 15.3. The topological polar surface area (TPSA) is 88.9 Å². The van der Waals surface area contributed by atoms with Crippen LogP contribution in [-0.4, -0.2) is 33.6 Å². The van der Waals surface area contributed by atoms with Gasteiger partial charge in [-0.2, -0.15) is 5.10 Å². The highest BCUT2D eigenvalue weighted by Crippen LogP contribution is 2.23. The van der Waals surface area contributed by atoms with Gasteiger partial charge in [-0.3, -0.25) is 14.3 Å². The highest BCUT2D eigenvalue weighted by molar-refractivity contribution is 6.12. The normalized spacial score (nSPS) is 10.8. The minimum atomic E-state index is -0.212. The molecule has 0 spiro atoms. The van der Waals surface area contributed by atoms with Gasteiger partial charge in [-0.25, -0.2) is 4.98 Å². The largest absolute Gasteiger partial charge is 0.359 e. The molecule has 0 aliphatic carbocycles. The number of anilines is 1. The molecule has 7 nitrogen and oxygen atoms in total. The Morgan fingerprint density at radius 3 is 2.50 bits per heavy atom. The van der Waals surface area contributed by atoms with Gasteiger partial charge in [0.05, 0.1) is 23.1 Å². The maximum Gasteiger partial charge on any atom is 0.256 e. The number of carbonyl (C=O) groups excluding carboxylic acids is 2. The Bertz CT molecular complexity index is 989. The van der Waals surface area contributed by atoms with Crippen molar-refractivity contribution in [3.63, 3.8) is 0 Å². The van der Waals surface area contributed by atoms with Crippen molar-refractivity contribution in [2.75, 3.05) is 12.4 Å². The lowest BCUT2D eigenvalue weighted by atomic mass is 10.1. The Hall–Kier alpha value is -3.22. The van der Waals surface area contributed by atoms with Gasteiger partial charge in [-0.05, 0) is 37.6 Å². The van der Waals surface area contributed by atoms with Crippen LogP contribution in [0, 0.1) is 13.8 Å². The van der Waals surface area contributed by atoms with E-state index in [1.54, 1.807) is 29.9 Å². The van der Waals surface area contributed by atoms with Crippen molar-refractivity contribution in [2.45, 2.75) is 20.3 Å². The van der Waals surface area contributed by atoms with Crippen molar-refractivity contribution in [3.8, 4) is 0 Å². The molecule has 0 saturated heterocycles. The van der Waals surface area contributed by atoms with E-state index >= 15 is 0 Å². The molecular formula is C19H21N5O2. The molecule has 2 aromatic heterocycles. The lowest BCUT2D eigenvalue weighted by Crippen LogP contribution is -2.19. The van der Waals surface area contributed by atoms with Crippen LogP contribution in [0.15, 0.2) is 30.3 Å². The van der Waals surface area contributed by atoms with Gasteiger partial charge in [0.1, 0.15) is 0 Å². The van der Waals surface area contributed by atoms with Gasteiger partial charge in [0.25, 0.3) is 5.91 Å². The molecule has 0 saturated carbocycles. The standard InChI is InChI=1S/C19H21N5O2/c1-11-9-15(17-12(2)23-24(4)18(17)21-11)19(26)22-14-7-5-13(6-8-14)10-16(25)20-3/h5-9H,10H2,1-4H3,(H,20,25)(H,22,26). The summed E-state index contributed by atoms with van der Waals surface area (Å²) in [5.74, 6) is -0.265. The number of hydrogen-bond acceptors (Lipinski definition) is 4. The summed E-state index contributed by atoms with van der Waals surface area (Å²) in [5.41, 5.74) is 4.31. The minimum absolute atomic E-state index is 0.0523. The predicted molar refractivity (Wildman–Crippen MR) is 100 cm³/mol. The number of aromatic nitrogens is 3. The van der Waals surface area contributed by atoms with Gasteiger partial charge >= 0.3 is 0 Å². The maximum absolute atomic E-state index is 12.8. The highest BCUT2D eigenvalue weighted by Gasteiger charge is 2.17. The number of carbonyl (C=O) groups is 2. The third kappa shape index (κ3) is 3.42. The van der Waals surface area contributed by atoms with Gasteiger partial charge in [0.15, 0.2) is 5.65 Å². The van der Waals surface area contributed by atoms with Crippen molar-refractivity contribution < 1.29 is 9.59 Å². The summed E-state index contributed by atoms with van der Waals surface area (Å²) >= 11 is 0. The monoisotopic (exact) mass is 351 g/mol. The van der Waals surface area contributed by atoms with Gasteiger partial charge < -0.3 is 10.6 Å². The average molecular weight is 351 g/mol. The molecule has 2 amide bonds. The fourth-order valence-electron chi connectivity index (χ4n) is 2.93. The van der Waals surface area contributed by atoms with Crippen LogP contribution in [0.5, 0.6) is 0 Å². The molecule has 2 N–H and O–H groups in total. The Balaban J connectivity index is 1.87. The molecule has 0 fully saturated rings. The van der Waals surface area contributed by atoms with Gasteiger partial charge in [-0.1, -0.05) is 12.1 Å². The second kappa shape index (κ2) is 6.95. The Labute approximate surface area is 151 Å². The van der Waals surface area contributed by atoms with E-state index in [-0.39, 0.29) is 11.8 Å². The van der Waals surface area contributed by atoms with Crippen molar-refractivity contribution >= 4 is 28.5 Å². The number of nitrogens with one attached hydrogen (secondary N) is 2. The molecule has 0 bridgehead atoms. The summed E-state index contributed by atoms with van der Waals surface area (Å²) < 4.78 is 1.68. The summed E-state index contributed by atoms with van der Waals surface area (Å²) in [4.78, 5) is 28.7. The SMILES string of the molecule is CNC(=O)Cc1ccc(NC(=O)c2cc(C)nc3c2c(C)nn3C)cc1. The molecule has 7 heteroatoms. The van der Waals surface area contributed by atoms with Crippen LogP contribution in [0.2, 0.25) is 0 Å². The van der Waals surface area contributed by atoms with E-state index in [2.05, 4.69) is 20.7 Å². The molecule has 134 valence electrons. The minimum Gasteiger partial charge on any atom is -0.359 e. The predicted octanol–water partition coefficient (Wildman–Crippen LogP) is 2.13. The number of hydrogen-bond donors (Lipinski definition) is 2. The fourth-order valence-corrected chi connectivity index (χ4v) is 2.93. The Morgan fingerprint density at radius 1 is 1.15 bits per heavy atom. The summed E-state index contributed by atoms with van der Waals surface area (Å²) in [6, 6.07) is 9.00.